The molecule has 1 N–H and O–H groups in total. The number of aliphatic hydroxyl groups is 1. The molecule has 0 saturated heterocycles. The third-order valence-corrected chi connectivity index (χ3v) is 4.75. The van der Waals surface area contributed by atoms with Crippen LogP contribution in [0.3, 0.4) is 0 Å². The predicted octanol–water partition coefficient (Wildman–Crippen LogP) is 1.89. The Kier molecular flexibility index (Phi) is 2.03. The zero-order chi connectivity index (χ0) is 12.3. The van der Waals surface area contributed by atoms with E-state index in [1.807, 2.05) is 0 Å². The summed E-state index contributed by atoms with van der Waals surface area (Å²) < 4.78 is 11.7. The van der Waals surface area contributed by atoms with Crippen LogP contribution in [0.5, 0.6) is 11.5 Å². The Labute approximate surface area is 107 Å². The van der Waals surface area contributed by atoms with Crippen LogP contribution in [0.2, 0.25) is 0 Å². The highest BCUT2D eigenvalue weighted by Gasteiger charge is 2.49. The van der Waals surface area contributed by atoms with Crippen LogP contribution in [0.25, 0.3) is 0 Å². The molecule has 18 heavy (non-hydrogen) atoms. The van der Waals surface area contributed by atoms with E-state index in [0.717, 1.165) is 50.4 Å². The van der Waals surface area contributed by atoms with E-state index in [1.165, 1.54) is 22.3 Å². The van der Waals surface area contributed by atoms with Crippen molar-refractivity contribution in [1.82, 2.24) is 0 Å². The number of fused-ring (bicyclic) bond motifs is 2. The van der Waals surface area contributed by atoms with Crippen LogP contribution in [-0.2, 0) is 18.3 Å². The number of ether oxygens (including phenoxy) is 2. The van der Waals surface area contributed by atoms with E-state index in [1.54, 1.807) is 0 Å². The lowest BCUT2D eigenvalue weighted by atomic mass is 9.86. The molecule has 1 saturated carbocycles. The molecule has 0 radical (unpaired) electrons. The molecule has 3 aliphatic rings. The van der Waals surface area contributed by atoms with Gasteiger partial charge in [0.15, 0.2) is 0 Å². The van der Waals surface area contributed by atoms with Gasteiger partial charge in [0.2, 0.25) is 0 Å². The maximum absolute atomic E-state index is 9.75. The van der Waals surface area contributed by atoms with E-state index in [-0.39, 0.29) is 12.0 Å². The number of benzene rings is 1. The molecule has 0 spiro atoms. The fraction of sp³-hybridized carbons (Fsp3) is 0.600. The molecule has 2 heterocycles. The van der Waals surface area contributed by atoms with Gasteiger partial charge in [-0.2, -0.15) is 0 Å². The van der Waals surface area contributed by atoms with E-state index < -0.39 is 0 Å². The van der Waals surface area contributed by atoms with Gasteiger partial charge >= 0.3 is 0 Å². The second-order valence-electron chi connectivity index (χ2n) is 5.75. The molecule has 1 aromatic carbocycles. The highest BCUT2D eigenvalue weighted by atomic mass is 16.5. The maximum Gasteiger partial charge on any atom is 0.127 e. The van der Waals surface area contributed by atoms with Gasteiger partial charge in [-0.15, -0.1) is 0 Å². The highest BCUT2D eigenvalue weighted by molar-refractivity contribution is 5.64. The molecule has 0 amide bonds. The van der Waals surface area contributed by atoms with Gasteiger partial charge in [0.05, 0.1) is 19.8 Å². The van der Waals surface area contributed by atoms with Crippen molar-refractivity contribution in [2.75, 3.05) is 19.8 Å². The number of aliphatic hydroxyl groups excluding tert-OH is 1. The van der Waals surface area contributed by atoms with Crippen molar-refractivity contribution in [3.8, 4) is 11.5 Å². The highest BCUT2D eigenvalue weighted by Crippen LogP contribution is 2.57. The van der Waals surface area contributed by atoms with Crippen molar-refractivity contribution >= 4 is 0 Å². The Morgan fingerprint density at radius 3 is 2.39 bits per heavy atom. The quantitative estimate of drug-likeness (QED) is 0.866. The minimum absolute atomic E-state index is 0.0279. The molecule has 1 fully saturated rings. The fourth-order valence-corrected chi connectivity index (χ4v) is 3.54. The predicted molar refractivity (Wildman–Crippen MR) is 67.6 cm³/mol. The standard InChI is InChI=1S/C15H18O3/c1-9-10-2-6-18-14(10)12(15(8-16)4-5-15)11-3-7-17-13(9)11/h16H,2-8H2,1H3. The third kappa shape index (κ3) is 1.18. The summed E-state index contributed by atoms with van der Waals surface area (Å²) in [7, 11) is 0. The molecule has 3 nitrogen and oxygen atoms in total. The minimum atomic E-state index is -0.0279. The molecule has 3 heteroatoms. The first kappa shape index (κ1) is 10.7. The van der Waals surface area contributed by atoms with Crippen LogP contribution in [0.15, 0.2) is 0 Å². The van der Waals surface area contributed by atoms with E-state index in [4.69, 9.17) is 9.47 Å². The first-order valence-electron chi connectivity index (χ1n) is 6.82. The number of rotatable bonds is 2. The molecule has 0 aromatic heterocycles. The Hall–Kier alpha value is -1.22. The van der Waals surface area contributed by atoms with Crippen LogP contribution >= 0.6 is 0 Å². The zero-order valence-electron chi connectivity index (χ0n) is 10.7. The van der Waals surface area contributed by atoms with Crippen molar-refractivity contribution in [1.29, 1.82) is 0 Å². The second kappa shape index (κ2) is 3.41. The van der Waals surface area contributed by atoms with E-state index in [2.05, 4.69) is 6.92 Å². The summed E-state index contributed by atoms with van der Waals surface area (Å²) in [5.74, 6) is 2.15. The van der Waals surface area contributed by atoms with Gasteiger partial charge in [-0.3, -0.25) is 0 Å². The van der Waals surface area contributed by atoms with Gasteiger partial charge < -0.3 is 14.6 Å². The molecule has 4 rings (SSSR count). The molecule has 0 bridgehead atoms. The lowest BCUT2D eigenvalue weighted by Crippen LogP contribution is -2.16. The van der Waals surface area contributed by atoms with E-state index >= 15 is 0 Å². The Balaban J connectivity index is 2.02. The molecule has 0 atom stereocenters. The van der Waals surface area contributed by atoms with Crippen LogP contribution in [0.1, 0.15) is 35.1 Å². The lowest BCUT2D eigenvalue weighted by molar-refractivity contribution is 0.250. The summed E-state index contributed by atoms with van der Waals surface area (Å²) in [6.45, 7) is 3.92. The Morgan fingerprint density at radius 1 is 1.06 bits per heavy atom. The molecule has 96 valence electrons. The average Bonchev–Trinajstić information content (AvgIpc) is 2.80. The summed E-state index contributed by atoms with van der Waals surface area (Å²) >= 11 is 0. The summed E-state index contributed by atoms with van der Waals surface area (Å²) in [5, 5.41) is 9.75. The summed E-state index contributed by atoms with van der Waals surface area (Å²) in [4.78, 5) is 0. The summed E-state index contributed by atoms with van der Waals surface area (Å²) in [6, 6.07) is 0. The van der Waals surface area contributed by atoms with E-state index in [0.29, 0.717) is 0 Å². The summed E-state index contributed by atoms with van der Waals surface area (Å²) in [5.41, 5.74) is 5.12. The molecular weight excluding hydrogens is 228 g/mol. The van der Waals surface area contributed by atoms with Crippen molar-refractivity contribution < 1.29 is 14.6 Å². The fourth-order valence-electron chi connectivity index (χ4n) is 3.54. The molecule has 2 aliphatic heterocycles. The van der Waals surface area contributed by atoms with Gasteiger partial charge in [0, 0.05) is 34.9 Å². The van der Waals surface area contributed by atoms with E-state index in [9.17, 15) is 5.11 Å². The Morgan fingerprint density at radius 2 is 1.72 bits per heavy atom. The minimum Gasteiger partial charge on any atom is -0.493 e. The summed E-state index contributed by atoms with van der Waals surface area (Å²) in [6.07, 6.45) is 4.10. The number of hydrogen-bond acceptors (Lipinski definition) is 3. The van der Waals surface area contributed by atoms with Gasteiger partial charge in [-0.1, -0.05) is 0 Å². The van der Waals surface area contributed by atoms with Gasteiger partial charge in [-0.25, -0.2) is 0 Å². The molecule has 0 unspecified atom stereocenters. The third-order valence-electron chi connectivity index (χ3n) is 4.75. The van der Waals surface area contributed by atoms with Crippen LogP contribution in [0, 0.1) is 6.92 Å². The first-order valence-corrected chi connectivity index (χ1v) is 6.82. The Bertz CT molecular complexity index is 494. The van der Waals surface area contributed by atoms with Gasteiger partial charge in [0.25, 0.3) is 0 Å². The largest absolute Gasteiger partial charge is 0.493 e. The lowest BCUT2D eigenvalue weighted by Gasteiger charge is -2.21. The van der Waals surface area contributed by atoms with Gasteiger partial charge in [-0.05, 0) is 25.3 Å². The van der Waals surface area contributed by atoms with Crippen LogP contribution in [0.4, 0.5) is 0 Å². The monoisotopic (exact) mass is 246 g/mol. The molecule has 1 aliphatic carbocycles. The molecule has 1 aromatic rings. The second-order valence-corrected chi connectivity index (χ2v) is 5.75. The van der Waals surface area contributed by atoms with Crippen molar-refractivity contribution in [2.24, 2.45) is 0 Å². The van der Waals surface area contributed by atoms with Crippen molar-refractivity contribution in [3.05, 3.63) is 22.3 Å². The topological polar surface area (TPSA) is 38.7 Å². The average molecular weight is 246 g/mol. The van der Waals surface area contributed by atoms with Crippen molar-refractivity contribution in [3.63, 3.8) is 0 Å². The maximum atomic E-state index is 9.75. The van der Waals surface area contributed by atoms with Crippen LogP contribution < -0.4 is 9.47 Å². The zero-order valence-corrected chi connectivity index (χ0v) is 10.7. The smallest absolute Gasteiger partial charge is 0.127 e. The SMILES string of the molecule is Cc1c2c(c(C3(CO)CC3)c3c1OCC3)OCC2. The normalized spacial score (nSPS) is 22.1. The number of hydrogen-bond donors (Lipinski definition) is 1. The van der Waals surface area contributed by atoms with Crippen LogP contribution in [-0.4, -0.2) is 24.9 Å². The van der Waals surface area contributed by atoms with Gasteiger partial charge in [0.1, 0.15) is 11.5 Å². The first-order chi connectivity index (χ1) is 8.77. The van der Waals surface area contributed by atoms with Crippen molar-refractivity contribution in [2.45, 2.75) is 38.0 Å². The molecular formula is C15H18O3.